The molecule has 0 unspecified atom stereocenters. The molecule has 0 spiro atoms. The topological polar surface area (TPSA) is 8.17 Å². The molecular formula is C66H54N2S. The molecule has 2 nitrogen and oxygen atoms in total. The van der Waals surface area contributed by atoms with Gasteiger partial charge in [-0.1, -0.05) is 211 Å². The summed E-state index contributed by atoms with van der Waals surface area (Å²) in [7, 11) is 0. The Bertz CT molecular complexity index is 3890. The summed E-state index contributed by atoms with van der Waals surface area (Å²) in [5.74, 6) is 0. The van der Waals surface area contributed by atoms with Crippen molar-refractivity contribution in [3.63, 3.8) is 0 Å². The van der Waals surface area contributed by atoms with Gasteiger partial charge in [-0.05, 0) is 98.0 Å². The highest BCUT2D eigenvalue weighted by Gasteiger charge is 2.26. The molecule has 0 aliphatic rings. The molecule has 3 heteroatoms. The molecule has 0 atom stereocenters. The zero-order chi connectivity index (χ0) is 47.0. The lowest BCUT2D eigenvalue weighted by Gasteiger charge is -2.30. The number of fused-ring (bicyclic) bond motifs is 7. The minimum atomic E-state index is -0.0165. The van der Waals surface area contributed by atoms with E-state index < -0.39 is 0 Å². The molecule has 69 heavy (non-hydrogen) atoms. The molecule has 0 fully saturated rings. The van der Waals surface area contributed by atoms with Crippen LogP contribution in [-0.4, -0.2) is 4.57 Å². The predicted octanol–water partition coefficient (Wildman–Crippen LogP) is 19.4. The first-order valence-electron chi connectivity index (χ1n) is 24.2. The average molecular weight is 907 g/mol. The average Bonchev–Trinajstić information content (AvgIpc) is 3.92. The van der Waals surface area contributed by atoms with E-state index in [-0.39, 0.29) is 10.8 Å². The number of hydrogen-bond donors (Lipinski definition) is 0. The fraction of sp³-hybridized carbons (Fsp3) is 0.121. The smallest absolute Gasteiger partial charge is 0.0561 e. The number of aromatic nitrogens is 1. The number of anilines is 3. The number of para-hydroxylation sites is 4. The van der Waals surface area contributed by atoms with Gasteiger partial charge in [-0.25, -0.2) is 0 Å². The van der Waals surface area contributed by atoms with Crippen LogP contribution < -0.4 is 4.90 Å². The van der Waals surface area contributed by atoms with Crippen LogP contribution in [0.1, 0.15) is 52.7 Å². The maximum Gasteiger partial charge on any atom is 0.0561 e. The van der Waals surface area contributed by atoms with E-state index in [1.807, 2.05) is 11.3 Å². The van der Waals surface area contributed by atoms with Gasteiger partial charge >= 0.3 is 0 Å². The van der Waals surface area contributed by atoms with Crippen molar-refractivity contribution < 1.29 is 0 Å². The third-order valence-corrected chi connectivity index (χ3v) is 15.3. The van der Waals surface area contributed by atoms with Crippen molar-refractivity contribution in [2.75, 3.05) is 4.90 Å². The lowest BCUT2D eigenvalue weighted by atomic mass is 9.78. The summed E-state index contributed by atoms with van der Waals surface area (Å²) < 4.78 is 5.02. The lowest BCUT2D eigenvalue weighted by molar-refractivity contribution is 0.569. The van der Waals surface area contributed by atoms with Gasteiger partial charge in [0.15, 0.2) is 0 Å². The molecule has 0 N–H and O–H groups in total. The molecule has 12 aromatic rings. The number of benzene rings is 10. The molecule has 334 valence electrons. The summed E-state index contributed by atoms with van der Waals surface area (Å²) in [5, 5.41) is 7.52. The number of hydrogen-bond acceptors (Lipinski definition) is 2. The summed E-state index contributed by atoms with van der Waals surface area (Å²) in [6, 6.07) is 81.4. The van der Waals surface area contributed by atoms with Gasteiger partial charge in [-0.2, -0.15) is 0 Å². The van der Waals surface area contributed by atoms with Crippen LogP contribution in [0.3, 0.4) is 0 Å². The Balaban J connectivity index is 1.15. The van der Waals surface area contributed by atoms with Crippen LogP contribution in [0.2, 0.25) is 0 Å². The van der Waals surface area contributed by atoms with E-state index in [2.05, 4.69) is 269 Å². The molecule has 0 radical (unpaired) electrons. The number of rotatable bonds is 7. The van der Waals surface area contributed by atoms with Crippen LogP contribution in [0.4, 0.5) is 17.1 Å². The SMILES string of the molecule is CC(C)(C)c1cc(-c2cccc3cccc(-c4ccccc4N(c4ccc5c6ccccc6n(-c6ccccc6)c5c4)c4ccccc4-c4cccc5c4sc4ccccc45)c23)cc(C(C)(C)C)c1. The normalized spacial score (nSPS) is 12.2. The first-order valence-corrected chi connectivity index (χ1v) is 25.0. The first-order chi connectivity index (χ1) is 33.5. The van der Waals surface area contributed by atoms with E-state index in [1.54, 1.807) is 0 Å². The van der Waals surface area contributed by atoms with Crippen LogP contribution in [0.25, 0.3) is 91.8 Å². The quantitative estimate of drug-likeness (QED) is 0.155. The molecule has 0 bridgehead atoms. The highest BCUT2D eigenvalue weighted by atomic mass is 32.1. The van der Waals surface area contributed by atoms with Gasteiger partial charge in [0.25, 0.3) is 0 Å². The lowest BCUT2D eigenvalue weighted by Crippen LogP contribution is -2.16. The van der Waals surface area contributed by atoms with Gasteiger partial charge in [-0.3, -0.25) is 0 Å². The summed E-state index contributed by atoms with van der Waals surface area (Å²) in [4.78, 5) is 2.53. The van der Waals surface area contributed by atoms with Gasteiger partial charge in [0.05, 0.1) is 22.4 Å². The van der Waals surface area contributed by atoms with Crippen LogP contribution >= 0.6 is 11.3 Å². The Morgan fingerprint density at radius 3 is 1.64 bits per heavy atom. The van der Waals surface area contributed by atoms with Crippen molar-refractivity contribution in [1.29, 1.82) is 0 Å². The Kier molecular flexibility index (Phi) is 10.2. The summed E-state index contributed by atoms with van der Waals surface area (Å²) in [6.07, 6.45) is 0. The molecule has 2 heterocycles. The second-order valence-corrected chi connectivity index (χ2v) is 21.6. The molecule has 2 aromatic heterocycles. The van der Waals surface area contributed by atoms with Gasteiger partial charge < -0.3 is 9.47 Å². The molecule has 0 amide bonds. The summed E-state index contributed by atoms with van der Waals surface area (Å²) in [5.41, 5.74) is 16.7. The van der Waals surface area contributed by atoms with Crippen molar-refractivity contribution in [3.05, 3.63) is 230 Å². The van der Waals surface area contributed by atoms with E-state index in [0.717, 1.165) is 33.8 Å². The van der Waals surface area contributed by atoms with E-state index in [9.17, 15) is 0 Å². The van der Waals surface area contributed by atoms with E-state index in [0.29, 0.717) is 0 Å². The zero-order valence-corrected chi connectivity index (χ0v) is 40.9. The summed E-state index contributed by atoms with van der Waals surface area (Å²) in [6.45, 7) is 14.0. The van der Waals surface area contributed by atoms with Crippen LogP contribution in [0.5, 0.6) is 0 Å². The van der Waals surface area contributed by atoms with Gasteiger partial charge in [0.1, 0.15) is 0 Å². The van der Waals surface area contributed by atoms with Crippen molar-refractivity contribution in [1.82, 2.24) is 4.57 Å². The monoisotopic (exact) mass is 906 g/mol. The van der Waals surface area contributed by atoms with Crippen molar-refractivity contribution in [2.45, 2.75) is 52.4 Å². The molecule has 12 rings (SSSR count). The third-order valence-electron chi connectivity index (χ3n) is 14.1. The van der Waals surface area contributed by atoms with Crippen LogP contribution in [-0.2, 0) is 10.8 Å². The highest BCUT2D eigenvalue weighted by Crippen LogP contribution is 2.50. The fourth-order valence-corrected chi connectivity index (χ4v) is 11.8. The fourth-order valence-electron chi connectivity index (χ4n) is 10.6. The minimum absolute atomic E-state index is 0.0165. The third kappa shape index (κ3) is 7.32. The molecule has 10 aromatic carbocycles. The molecular weight excluding hydrogens is 853 g/mol. The van der Waals surface area contributed by atoms with Crippen molar-refractivity contribution in [2.24, 2.45) is 0 Å². The maximum atomic E-state index is 2.53. The van der Waals surface area contributed by atoms with Crippen LogP contribution in [0, 0.1) is 0 Å². The van der Waals surface area contributed by atoms with Crippen molar-refractivity contribution in [3.8, 4) is 39.1 Å². The number of nitrogens with zero attached hydrogens (tertiary/aromatic N) is 2. The molecule has 0 aliphatic carbocycles. The second-order valence-electron chi connectivity index (χ2n) is 20.5. The van der Waals surface area contributed by atoms with Crippen LogP contribution in [0.15, 0.2) is 218 Å². The van der Waals surface area contributed by atoms with Gasteiger partial charge in [-0.15, -0.1) is 11.3 Å². The minimum Gasteiger partial charge on any atom is -0.309 e. The number of thiophene rings is 1. The van der Waals surface area contributed by atoms with Gasteiger partial charge in [0.2, 0.25) is 0 Å². The van der Waals surface area contributed by atoms with Gasteiger partial charge in [0, 0.05) is 59.0 Å². The molecule has 0 aliphatic heterocycles. The summed E-state index contributed by atoms with van der Waals surface area (Å²) >= 11 is 1.88. The first kappa shape index (κ1) is 42.6. The van der Waals surface area contributed by atoms with E-state index in [4.69, 9.17) is 0 Å². The second kappa shape index (κ2) is 16.5. The Hall–Kier alpha value is -7.72. The van der Waals surface area contributed by atoms with E-state index >= 15 is 0 Å². The van der Waals surface area contributed by atoms with E-state index in [1.165, 1.54) is 86.2 Å². The molecule has 0 saturated heterocycles. The highest BCUT2D eigenvalue weighted by molar-refractivity contribution is 7.26. The molecule has 0 saturated carbocycles. The Morgan fingerprint density at radius 2 is 0.928 bits per heavy atom. The largest absolute Gasteiger partial charge is 0.309 e. The Morgan fingerprint density at radius 1 is 0.391 bits per heavy atom. The standard InChI is InChI=1S/C66H54N2S/c1-65(2,3)45-39-44(40-46(41-45)66(4,5)6)49-29-18-21-43-22-19-30-55(63(43)49)51-26-11-15-34-59(51)68(48-37-38-53-50-25-10-14-33-58(50)67(61(53)42-48)47-23-8-7-9-24-47)60-35-16-12-27-52(60)56-31-20-32-57-54-28-13-17-36-62(54)69-64(56)57/h7-42H,1-6H3. The van der Waals surface area contributed by atoms with Crippen molar-refractivity contribution >= 4 is 81.1 Å². The predicted molar refractivity (Wildman–Crippen MR) is 300 cm³/mol. The Labute approximate surface area is 409 Å². The maximum absolute atomic E-state index is 2.53. The zero-order valence-electron chi connectivity index (χ0n) is 40.1.